The molecule has 9 heteroatoms. The first kappa shape index (κ1) is 17.0. The van der Waals surface area contributed by atoms with Crippen molar-refractivity contribution in [2.75, 3.05) is 6.61 Å². The molecule has 0 radical (unpaired) electrons. The molecule has 2 rings (SSSR count). The van der Waals surface area contributed by atoms with Crippen molar-refractivity contribution < 1.29 is 23.4 Å². The lowest BCUT2D eigenvalue weighted by Crippen LogP contribution is -2.49. The highest BCUT2D eigenvalue weighted by molar-refractivity contribution is 14.1. The largest absolute Gasteiger partial charge is 0.506 e. The Hall–Kier alpha value is -0.100. The Morgan fingerprint density at radius 3 is 2.68 bits per heavy atom. The number of aromatic hydroxyl groups is 1. The molecular formula is C10H8ClF2I2NO3. The molecule has 1 atom stereocenters. The first-order valence-corrected chi connectivity index (χ1v) is 6.96. The Morgan fingerprint density at radius 2 is 2.05 bits per heavy atom. The lowest BCUT2D eigenvalue weighted by Gasteiger charge is -2.32. The third kappa shape index (κ3) is 3.51. The molecule has 0 unspecified atom stereocenters. The second-order valence-electron chi connectivity index (χ2n) is 3.74. The summed E-state index contributed by atoms with van der Waals surface area (Å²) in [6, 6.07) is 1.49. The number of benzene rings is 1. The zero-order valence-electron chi connectivity index (χ0n) is 9.12. The van der Waals surface area contributed by atoms with Crippen LogP contribution in [0.15, 0.2) is 12.1 Å². The number of alkyl halides is 2. The summed E-state index contributed by atoms with van der Waals surface area (Å²) in [7, 11) is 0. The van der Waals surface area contributed by atoms with Crippen LogP contribution in [0.3, 0.4) is 0 Å². The average molecular weight is 517 g/mol. The molecule has 1 heterocycles. The minimum absolute atomic E-state index is 0. The summed E-state index contributed by atoms with van der Waals surface area (Å²) in [4.78, 5) is 11.1. The summed E-state index contributed by atoms with van der Waals surface area (Å²) in [5.74, 6) is -3.51. The van der Waals surface area contributed by atoms with E-state index in [1.54, 1.807) is 6.07 Å². The summed E-state index contributed by atoms with van der Waals surface area (Å²) in [6.07, 6.45) is -0.917. The molecule has 0 aromatic heterocycles. The fourth-order valence-corrected chi connectivity index (χ4v) is 3.51. The fraction of sp³-hybridized carbons (Fsp3) is 0.300. The van der Waals surface area contributed by atoms with Gasteiger partial charge in [-0.05, 0) is 57.3 Å². The third-order valence-electron chi connectivity index (χ3n) is 2.45. The van der Waals surface area contributed by atoms with Gasteiger partial charge in [0.1, 0.15) is 11.8 Å². The van der Waals surface area contributed by atoms with Crippen LogP contribution in [0, 0.1) is 7.14 Å². The molecule has 1 aliphatic rings. The SMILES string of the molecule is Cl.O=C1N[C@H](c2cc(I)cc(I)c2O)C(F)(F)CO1. The van der Waals surface area contributed by atoms with Gasteiger partial charge in [-0.3, -0.25) is 0 Å². The van der Waals surface area contributed by atoms with E-state index < -0.39 is 24.7 Å². The highest BCUT2D eigenvalue weighted by Crippen LogP contribution is 2.40. The normalized spacial score (nSPS) is 21.1. The van der Waals surface area contributed by atoms with Crippen LogP contribution in [0.1, 0.15) is 11.6 Å². The number of hydrogen-bond acceptors (Lipinski definition) is 3. The molecule has 1 aromatic rings. The minimum atomic E-state index is -3.26. The van der Waals surface area contributed by atoms with Gasteiger partial charge in [0, 0.05) is 9.13 Å². The van der Waals surface area contributed by atoms with Gasteiger partial charge < -0.3 is 15.2 Å². The maximum Gasteiger partial charge on any atom is 0.408 e. The number of phenolic OH excluding ortho intramolecular Hbond substituents is 1. The Bertz CT molecular complexity index is 516. The third-order valence-corrected chi connectivity index (χ3v) is 3.89. The number of amides is 1. The number of phenols is 1. The van der Waals surface area contributed by atoms with Crippen LogP contribution >= 0.6 is 57.6 Å². The van der Waals surface area contributed by atoms with Crippen LogP contribution in [-0.4, -0.2) is 23.7 Å². The number of halogens is 5. The Kier molecular flexibility index (Phi) is 5.46. The van der Waals surface area contributed by atoms with Crippen LogP contribution in [-0.2, 0) is 4.74 Å². The first-order chi connectivity index (χ1) is 8.31. The van der Waals surface area contributed by atoms with E-state index in [1.807, 2.05) is 50.5 Å². The van der Waals surface area contributed by atoms with E-state index in [4.69, 9.17) is 0 Å². The Labute approximate surface area is 141 Å². The number of hydrogen-bond donors (Lipinski definition) is 2. The maximum atomic E-state index is 13.7. The second-order valence-corrected chi connectivity index (χ2v) is 6.15. The van der Waals surface area contributed by atoms with Gasteiger partial charge in [0.15, 0.2) is 6.61 Å². The standard InChI is InChI=1S/C10H7F2I2NO3.ClH/c11-10(12)3-18-9(17)15-8(10)5-1-4(13)2-6(14)7(5)16;/h1-2,8,16H,3H2,(H,15,17);1H/t8-;/m1./s1. The maximum absolute atomic E-state index is 13.7. The summed E-state index contributed by atoms with van der Waals surface area (Å²) in [5.41, 5.74) is -0.00653. The van der Waals surface area contributed by atoms with Crippen LogP contribution < -0.4 is 5.32 Å². The van der Waals surface area contributed by atoms with Crippen molar-refractivity contribution in [2.45, 2.75) is 12.0 Å². The highest BCUT2D eigenvalue weighted by Gasteiger charge is 2.48. The number of cyclic esters (lactones) is 1. The summed E-state index contributed by atoms with van der Waals surface area (Å²) < 4.78 is 32.8. The minimum Gasteiger partial charge on any atom is -0.506 e. The van der Waals surface area contributed by atoms with Gasteiger partial charge in [-0.2, -0.15) is 0 Å². The number of rotatable bonds is 1. The van der Waals surface area contributed by atoms with E-state index in [0.29, 0.717) is 7.14 Å². The predicted octanol–water partition coefficient (Wildman–Crippen LogP) is 3.44. The molecule has 0 aliphatic carbocycles. The number of alkyl carbamates (subject to hydrolysis) is 1. The predicted molar refractivity (Wildman–Crippen MR) is 83.0 cm³/mol. The van der Waals surface area contributed by atoms with E-state index in [9.17, 15) is 18.7 Å². The van der Waals surface area contributed by atoms with Gasteiger partial charge in [-0.15, -0.1) is 12.4 Å². The van der Waals surface area contributed by atoms with Gasteiger partial charge in [-0.1, -0.05) is 0 Å². The van der Waals surface area contributed by atoms with Crippen LogP contribution in [0.4, 0.5) is 13.6 Å². The van der Waals surface area contributed by atoms with Gasteiger partial charge in [0.05, 0.1) is 3.57 Å². The van der Waals surface area contributed by atoms with Crippen LogP contribution in [0.25, 0.3) is 0 Å². The number of nitrogens with one attached hydrogen (secondary N) is 1. The average Bonchev–Trinajstić information content (AvgIpc) is 2.27. The molecule has 19 heavy (non-hydrogen) atoms. The lowest BCUT2D eigenvalue weighted by molar-refractivity contribution is -0.104. The molecule has 0 bridgehead atoms. The van der Waals surface area contributed by atoms with E-state index in [0.717, 1.165) is 0 Å². The quantitative estimate of drug-likeness (QED) is 0.562. The lowest BCUT2D eigenvalue weighted by atomic mass is 9.99. The van der Waals surface area contributed by atoms with Gasteiger partial charge in [-0.25, -0.2) is 13.6 Å². The second kappa shape index (κ2) is 6.12. The topological polar surface area (TPSA) is 58.6 Å². The van der Waals surface area contributed by atoms with Crippen molar-refractivity contribution in [3.8, 4) is 5.75 Å². The van der Waals surface area contributed by atoms with Gasteiger partial charge in [0.25, 0.3) is 0 Å². The molecule has 1 aliphatic heterocycles. The first-order valence-electron chi connectivity index (χ1n) is 4.80. The molecule has 4 nitrogen and oxygen atoms in total. The molecule has 1 fully saturated rings. The fourth-order valence-electron chi connectivity index (χ4n) is 1.62. The molecule has 0 saturated carbocycles. The van der Waals surface area contributed by atoms with Crippen molar-refractivity contribution in [3.63, 3.8) is 0 Å². The van der Waals surface area contributed by atoms with Crippen molar-refractivity contribution in [3.05, 3.63) is 24.8 Å². The van der Waals surface area contributed by atoms with E-state index in [1.165, 1.54) is 6.07 Å². The number of carbonyl (C=O) groups is 1. The molecule has 2 N–H and O–H groups in total. The summed E-state index contributed by atoms with van der Waals surface area (Å²) >= 11 is 3.80. The monoisotopic (exact) mass is 517 g/mol. The molecule has 1 amide bonds. The molecule has 0 spiro atoms. The summed E-state index contributed by atoms with van der Waals surface area (Å²) in [5, 5.41) is 11.9. The van der Waals surface area contributed by atoms with Crippen LogP contribution in [0.5, 0.6) is 5.75 Å². The van der Waals surface area contributed by atoms with Crippen LogP contribution in [0.2, 0.25) is 0 Å². The van der Waals surface area contributed by atoms with E-state index in [2.05, 4.69) is 4.74 Å². The molecule has 106 valence electrons. The van der Waals surface area contributed by atoms with E-state index >= 15 is 0 Å². The summed E-state index contributed by atoms with van der Waals surface area (Å²) in [6.45, 7) is -0.995. The smallest absolute Gasteiger partial charge is 0.408 e. The van der Waals surface area contributed by atoms with Crippen molar-refractivity contribution in [2.24, 2.45) is 0 Å². The number of carbonyl (C=O) groups excluding carboxylic acids is 1. The molecular weight excluding hydrogens is 509 g/mol. The number of ether oxygens (including phenoxy) is 1. The Morgan fingerprint density at radius 1 is 1.42 bits per heavy atom. The molecule has 1 saturated heterocycles. The Balaban J connectivity index is 0.00000180. The molecule has 1 aromatic carbocycles. The zero-order chi connectivity index (χ0) is 13.5. The highest BCUT2D eigenvalue weighted by atomic mass is 127. The van der Waals surface area contributed by atoms with Gasteiger partial charge in [0.2, 0.25) is 0 Å². The van der Waals surface area contributed by atoms with Gasteiger partial charge >= 0.3 is 12.0 Å². The van der Waals surface area contributed by atoms with E-state index in [-0.39, 0.29) is 23.7 Å². The van der Waals surface area contributed by atoms with Crippen molar-refractivity contribution >= 4 is 63.7 Å². The van der Waals surface area contributed by atoms with Crippen molar-refractivity contribution in [1.82, 2.24) is 5.32 Å². The zero-order valence-corrected chi connectivity index (χ0v) is 14.3. The van der Waals surface area contributed by atoms with Crippen molar-refractivity contribution in [1.29, 1.82) is 0 Å².